The summed E-state index contributed by atoms with van der Waals surface area (Å²) < 4.78 is 11.1. The first-order chi connectivity index (χ1) is 10.5. The summed E-state index contributed by atoms with van der Waals surface area (Å²) in [5.41, 5.74) is 3.56. The Hall–Kier alpha value is -2.08. The molecule has 2 aromatic rings. The minimum Gasteiger partial charge on any atom is -0.466 e. The number of aromatic amines is 1. The first-order valence-corrected chi connectivity index (χ1v) is 7.46. The smallest absolute Gasteiger partial charge is 0.258 e. The molecule has 6 nitrogen and oxygen atoms in total. The maximum absolute atomic E-state index is 12.9. The number of amides is 1. The Labute approximate surface area is 129 Å². The molecule has 6 heteroatoms. The van der Waals surface area contributed by atoms with Gasteiger partial charge in [0.05, 0.1) is 30.5 Å². The third-order valence-corrected chi connectivity index (χ3v) is 4.18. The predicted octanol–water partition coefficient (Wildman–Crippen LogP) is 2.45. The monoisotopic (exact) mass is 303 g/mol. The van der Waals surface area contributed by atoms with Crippen LogP contribution in [0.3, 0.4) is 0 Å². The zero-order valence-corrected chi connectivity index (χ0v) is 13.4. The summed E-state index contributed by atoms with van der Waals surface area (Å²) in [5.74, 6) is 1.40. The quantitative estimate of drug-likeness (QED) is 0.925. The first-order valence-electron chi connectivity index (χ1n) is 7.46. The van der Waals surface area contributed by atoms with Gasteiger partial charge in [0.25, 0.3) is 5.91 Å². The van der Waals surface area contributed by atoms with E-state index in [9.17, 15) is 4.79 Å². The number of hydrogen-bond acceptors (Lipinski definition) is 4. The number of furan rings is 1. The van der Waals surface area contributed by atoms with Crippen LogP contribution >= 0.6 is 0 Å². The van der Waals surface area contributed by atoms with Gasteiger partial charge < -0.3 is 14.1 Å². The molecule has 3 rings (SSSR count). The average molecular weight is 303 g/mol. The van der Waals surface area contributed by atoms with E-state index < -0.39 is 0 Å². The maximum Gasteiger partial charge on any atom is 0.258 e. The summed E-state index contributed by atoms with van der Waals surface area (Å²) >= 11 is 0. The van der Waals surface area contributed by atoms with Gasteiger partial charge in [-0.05, 0) is 33.8 Å². The van der Waals surface area contributed by atoms with Crippen molar-refractivity contribution in [1.82, 2.24) is 15.1 Å². The van der Waals surface area contributed by atoms with Crippen molar-refractivity contribution in [2.75, 3.05) is 19.8 Å². The molecule has 0 radical (unpaired) electrons. The van der Waals surface area contributed by atoms with E-state index in [1.807, 2.05) is 32.6 Å². The second-order valence-electron chi connectivity index (χ2n) is 5.76. The van der Waals surface area contributed by atoms with Gasteiger partial charge in [0.2, 0.25) is 0 Å². The Morgan fingerprint density at radius 3 is 2.73 bits per heavy atom. The molecule has 118 valence electrons. The first kappa shape index (κ1) is 14.8. The van der Waals surface area contributed by atoms with E-state index in [2.05, 4.69) is 10.2 Å². The van der Waals surface area contributed by atoms with Crippen molar-refractivity contribution in [3.63, 3.8) is 0 Å². The zero-order chi connectivity index (χ0) is 15.9. The molecule has 1 aliphatic heterocycles. The highest BCUT2D eigenvalue weighted by Crippen LogP contribution is 2.30. The predicted molar refractivity (Wildman–Crippen MR) is 80.8 cm³/mol. The van der Waals surface area contributed by atoms with Gasteiger partial charge in [-0.15, -0.1) is 0 Å². The number of H-pyrrole nitrogens is 1. The second kappa shape index (κ2) is 5.61. The highest BCUT2D eigenvalue weighted by Gasteiger charge is 2.33. The highest BCUT2D eigenvalue weighted by atomic mass is 16.5. The van der Waals surface area contributed by atoms with Crippen LogP contribution in [0.1, 0.15) is 44.9 Å². The zero-order valence-electron chi connectivity index (χ0n) is 13.4. The number of rotatable bonds is 2. The topological polar surface area (TPSA) is 71.4 Å². The van der Waals surface area contributed by atoms with Crippen LogP contribution < -0.4 is 0 Å². The van der Waals surface area contributed by atoms with Gasteiger partial charge in [-0.25, -0.2) is 0 Å². The van der Waals surface area contributed by atoms with Gasteiger partial charge in [0.15, 0.2) is 0 Å². The fraction of sp³-hybridized carbons (Fsp3) is 0.500. The largest absolute Gasteiger partial charge is 0.466 e. The van der Waals surface area contributed by atoms with Crippen LogP contribution in [0.4, 0.5) is 0 Å². The molecule has 0 bridgehead atoms. The van der Waals surface area contributed by atoms with Crippen LogP contribution in [-0.2, 0) is 4.74 Å². The van der Waals surface area contributed by atoms with Crippen molar-refractivity contribution < 1.29 is 13.9 Å². The summed E-state index contributed by atoms with van der Waals surface area (Å²) in [6, 6.07) is 1.69. The van der Waals surface area contributed by atoms with Crippen LogP contribution in [0.5, 0.6) is 0 Å². The summed E-state index contributed by atoms with van der Waals surface area (Å²) in [6.07, 6.45) is 0. The number of nitrogens with zero attached hydrogens (tertiary/aromatic N) is 2. The van der Waals surface area contributed by atoms with Crippen molar-refractivity contribution in [3.8, 4) is 0 Å². The average Bonchev–Trinajstić information content (AvgIpc) is 3.00. The summed E-state index contributed by atoms with van der Waals surface area (Å²) in [5, 5.41) is 7.23. The Balaban J connectivity index is 1.96. The summed E-state index contributed by atoms with van der Waals surface area (Å²) in [7, 11) is 0. The van der Waals surface area contributed by atoms with Gasteiger partial charge in [-0.3, -0.25) is 9.89 Å². The molecular formula is C16H21N3O3. The third kappa shape index (κ3) is 2.43. The van der Waals surface area contributed by atoms with Crippen LogP contribution in [0.2, 0.25) is 0 Å². The van der Waals surface area contributed by atoms with Crippen molar-refractivity contribution in [3.05, 3.63) is 40.1 Å². The summed E-state index contributed by atoms with van der Waals surface area (Å²) in [4.78, 5) is 14.8. The molecule has 22 heavy (non-hydrogen) atoms. The third-order valence-electron chi connectivity index (χ3n) is 4.18. The fourth-order valence-corrected chi connectivity index (χ4v) is 3.13. The SMILES string of the molecule is Cc1cc(C(=O)N2CCOC[C@H]2c2c(C)n[nH]c2C)c(C)o1. The number of carbonyl (C=O) groups excluding carboxylic acids is 1. The number of hydrogen-bond donors (Lipinski definition) is 1. The Bertz CT molecular complexity index is 682. The lowest BCUT2D eigenvalue weighted by atomic mass is 10.0. The number of aryl methyl sites for hydroxylation is 4. The molecule has 1 fully saturated rings. The molecule has 0 aliphatic carbocycles. The number of nitrogens with one attached hydrogen (secondary N) is 1. The van der Waals surface area contributed by atoms with Gasteiger partial charge in [-0.2, -0.15) is 5.10 Å². The lowest BCUT2D eigenvalue weighted by Crippen LogP contribution is -2.43. The molecular weight excluding hydrogens is 282 g/mol. The molecule has 0 aromatic carbocycles. The number of aromatic nitrogens is 2. The molecule has 0 unspecified atom stereocenters. The van der Waals surface area contributed by atoms with Crippen LogP contribution in [0.15, 0.2) is 10.5 Å². The molecule has 0 saturated carbocycles. The van der Waals surface area contributed by atoms with Crippen molar-refractivity contribution in [2.45, 2.75) is 33.7 Å². The van der Waals surface area contributed by atoms with Gasteiger partial charge >= 0.3 is 0 Å². The Kier molecular flexibility index (Phi) is 3.78. The molecule has 2 aromatic heterocycles. The lowest BCUT2D eigenvalue weighted by Gasteiger charge is -2.36. The van der Waals surface area contributed by atoms with Crippen molar-refractivity contribution in [1.29, 1.82) is 0 Å². The number of ether oxygens (including phenoxy) is 1. The van der Waals surface area contributed by atoms with E-state index in [0.29, 0.717) is 31.1 Å². The highest BCUT2D eigenvalue weighted by molar-refractivity contribution is 5.95. The molecule has 1 amide bonds. The van der Waals surface area contributed by atoms with E-state index in [-0.39, 0.29) is 11.9 Å². The van der Waals surface area contributed by atoms with E-state index in [1.165, 1.54) is 0 Å². The molecule has 3 heterocycles. The second-order valence-corrected chi connectivity index (χ2v) is 5.76. The molecule has 0 spiro atoms. The van der Waals surface area contributed by atoms with Crippen LogP contribution in [-0.4, -0.2) is 40.8 Å². The molecule has 1 aliphatic rings. The summed E-state index contributed by atoms with van der Waals surface area (Å²) in [6.45, 7) is 9.20. The minimum atomic E-state index is -0.116. The van der Waals surface area contributed by atoms with E-state index in [0.717, 1.165) is 22.7 Å². The van der Waals surface area contributed by atoms with E-state index >= 15 is 0 Å². The Morgan fingerprint density at radius 2 is 2.14 bits per heavy atom. The number of morpholine rings is 1. The molecule has 1 N–H and O–H groups in total. The van der Waals surface area contributed by atoms with Gasteiger partial charge in [-0.1, -0.05) is 0 Å². The van der Waals surface area contributed by atoms with Crippen LogP contribution in [0, 0.1) is 27.7 Å². The van der Waals surface area contributed by atoms with E-state index in [4.69, 9.17) is 9.15 Å². The van der Waals surface area contributed by atoms with Gasteiger partial charge in [0, 0.05) is 17.8 Å². The van der Waals surface area contributed by atoms with Gasteiger partial charge in [0.1, 0.15) is 11.5 Å². The lowest BCUT2D eigenvalue weighted by molar-refractivity contribution is -0.00310. The van der Waals surface area contributed by atoms with E-state index in [1.54, 1.807) is 6.07 Å². The van der Waals surface area contributed by atoms with Crippen molar-refractivity contribution >= 4 is 5.91 Å². The molecule has 1 saturated heterocycles. The standard InChI is InChI=1S/C16H21N3O3/c1-9-7-13(12(4)22-9)16(20)19-5-6-21-8-14(19)15-10(2)17-18-11(15)3/h7,14H,5-6,8H2,1-4H3,(H,17,18)/t14-/m0/s1. The maximum atomic E-state index is 12.9. The molecule has 1 atom stereocenters. The van der Waals surface area contributed by atoms with Crippen LogP contribution in [0.25, 0.3) is 0 Å². The van der Waals surface area contributed by atoms with Crippen molar-refractivity contribution in [2.24, 2.45) is 0 Å². The Morgan fingerprint density at radius 1 is 1.36 bits per heavy atom. The minimum absolute atomic E-state index is 0.0114. The fourth-order valence-electron chi connectivity index (χ4n) is 3.13. The normalized spacial score (nSPS) is 18.7. The number of carbonyl (C=O) groups is 1.